The van der Waals surface area contributed by atoms with Crippen molar-refractivity contribution in [1.82, 2.24) is 19.6 Å². The molecule has 0 radical (unpaired) electrons. The third-order valence-corrected chi connectivity index (χ3v) is 2.53. The first-order valence-electron chi connectivity index (χ1n) is 7.67. The molecule has 0 amide bonds. The normalized spacial score (nSPS) is 9.14. The van der Waals surface area contributed by atoms with Crippen molar-refractivity contribution in [3.8, 4) is 0 Å². The zero-order chi connectivity index (χ0) is 17.1. The molecule has 21 heavy (non-hydrogen) atoms. The van der Waals surface area contributed by atoms with Crippen LogP contribution in [0.4, 0.5) is 0 Å². The summed E-state index contributed by atoms with van der Waals surface area (Å²) in [5.41, 5.74) is 0. The van der Waals surface area contributed by atoms with Gasteiger partial charge in [0.05, 0.1) is 0 Å². The Kier molecular flexibility index (Phi) is 45.8. The van der Waals surface area contributed by atoms with Gasteiger partial charge in [-0.05, 0) is 82.6 Å². The van der Waals surface area contributed by atoms with Crippen molar-refractivity contribution in [1.29, 1.82) is 0 Å². The van der Waals surface area contributed by atoms with E-state index in [0.717, 1.165) is 26.2 Å². The maximum absolute atomic E-state index is 2.12. The van der Waals surface area contributed by atoms with E-state index in [1.54, 1.807) is 0 Å². The summed E-state index contributed by atoms with van der Waals surface area (Å²) in [6, 6.07) is 0. The largest absolute Gasteiger partial charge is 0.310 e. The third-order valence-electron chi connectivity index (χ3n) is 2.53. The summed E-state index contributed by atoms with van der Waals surface area (Å²) in [5, 5.41) is 0. The number of nitrogens with zero attached hydrogens (tertiary/aromatic N) is 4. The van der Waals surface area contributed by atoms with E-state index < -0.39 is 0 Å². The van der Waals surface area contributed by atoms with Crippen LogP contribution in [0.3, 0.4) is 0 Å². The van der Waals surface area contributed by atoms with Gasteiger partial charge in [0.15, 0.2) is 0 Å². The maximum Gasteiger partial charge on any atom is 0 e. The Balaban J connectivity index is -0.0000000533. The van der Waals surface area contributed by atoms with Gasteiger partial charge in [0.1, 0.15) is 0 Å². The molecule has 0 aliphatic heterocycles. The topological polar surface area (TPSA) is 13.0 Å². The van der Waals surface area contributed by atoms with Crippen LogP contribution in [0.5, 0.6) is 0 Å². The van der Waals surface area contributed by atoms with Crippen LogP contribution in [0.2, 0.25) is 0 Å². The van der Waals surface area contributed by atoms with Crippen molar-refractivity contribution in [2.45, 2.75) is 27.7 Å². The van der Waals surface area contributed by atoms with Crippen LogP contribution in [0.15, 0.2) is 0 Å². The number of rotatable bonds is 4. The maximum atomic E-state index is 2.12. The van der Waals surface area contributed by atoms with E-state index in [-0.39, 0.29) is 26.2 Å². The summed E-state index contributed by atoms with van der Waals surface area (Å²) >= 11 is 0. The molecule has 0 aromatic heterocycles. The Morgan fingerprint density at radius 3 is 0.429 bits per heavy atom. The molecule has 5 heteroatoms. The third kappa shape index (κ3) is 95.5. The molecule has 0 unspecified atom stereocenters. The van der Waals surface area contributed by atoms with Crippen LogP contribution in [0.1, 0.15) is 27.7 Å². The van der Waals surface area contributed by atoms with Crippen LogP contribution in [0.25, 0.3) is 0 Å². The Morgan fingerprint density at radius 1 is 0.381 bits per heavy atom. The average molecular weight is 384 g/mol. The summed E-state index contributed by atoms with van der Waals surface area (Å²) in [6.07, 6.45) is 0. The van der Waals surface area contributed by atoms with Gasteiger partial charge in [0.2, 0.25) is 0 Å². The molecular formula is C16H44N4Zr. The second kappa shape index (κ2) is 28.8. The van der Waals surface area contributed by atoms with Gasteiger partial charge in [-0.1, -0.05) is 27.7 Å². The van der Waals surface area contributed by atoms with Crippen LogP contribution < -0.4 is 0 Å². The molecule has 132 valence electrons. The minimum atomic E-state index is 0. The van der Waals surface area contributed by atoms with E-state index in [1.165, 1.54) is 0 Å². The van der Waals surface area contributed by atoms with Crippen molar-refractivity contribution in [2.75, 3.05) is 82.6 Å². The molecule has 0 saturated carbocycles. The molecule has 0 heterocycles. The predicted octanol–water partition coefficient (Wildman–Crippen LogP) is 2.27. The van der Waals surface area contributed by atoms with Gasteiger partial charge in [-0.3, -0.25) is 0 Å². The van der Waals surface area contributed by atoms with E-state index >= 15 is 0 Å². The summed E-state index contributed by atoms with van der Waals surface area (Å²) in [7, 11) is 16.4. The molecule has 0 aromatic rings. The fourth-order valence-electron chi connectivity index (χ4n) is 0. The minimum Gasteiger partial charge on any atom is -0.310 e. The molecule has 0 bridgehead atoms. The Morgan fingerprint density at radius 2 is 0.429 bits per heavy atom. The molecule has 0 aromatic carbocycles. The first-order valence-corrected chi connectivity index (χ1v) is 7.67. The quantitative estimate of drug-likeness (QED) is 0.738. The van der Waals surface area contributed by atoms with Crippen molar-refractivity contribution in [3.63, 3.8) is 0 Å². The van der Waals surface area contributed by atoms with Crippen molar-refractivity contribution < 1.29 is 26.2 Å². The van der Waals surface area contributed by atoms with Crippen molar-refractivity contribution >= 4 is 0 Å². The molecule has 0 fully saturated rings. The predicted molar refractivity (Wildman–Crippen MR) is 96.9 cm³/mol. The van der Waals surface area contributed by atoms with Crippen molar-refractivity contribution in [2.24, 2.45) is 0 Å². The smallest absolute Gasteiger partial charge is 0 e. The summed E-state index contributed by atoms with van der Waals surface area (Å²) in [5.74, 6) is 0. The minimum absolute atomic E-state index is 0. The van der Waals surface area contributed by atoms with Gasteiger partial charge >= 0.3 is 0 Å². The van der Waals surface area contributed by atoms with Gasteiger partial charge in [0.25, 0.3) is 0 Å². The zero-order valence-electron chi connectivity index (χ0n) is 17.1. The van der Waals surface area contributed by atoms with E-state index in [4.69, 9.17) is 0 Å². The molecular weight excluding hydrogens is 339 g/mol. The fraction of sp³-hybridized carbons (Fsp3) is 1.00. The fourth-order valence-corrected chi connectivity index (χ4v) is 0. The molecule has 0 spiro atoms. The van der Waals surface area contributed by atoms with Crippen LogP contribution in [-0.4, -0.2) is 102 Å². The van der Waals surface area contributed by atoms with Crippen molar-refractivity contribution in [3.05, 3.63) is 0 Å². The SMILES string of the molecule is CCN(C)C.CCN(C)C.CCN(C)C.CCN(C)C.[Zr]. The molecule has 4 nitrogen and oxygen atoms in total. The van der Waals surface area contributed by atoms with E-state index in [1.807, 2.05) is 0 Å². The number of hydrogen-bond acceptors (Lipinski definition) is 4. The molecule has 0 atom stereocenters. The molecule has 0 saturated heterocycles. The molecule has 0 rings (SSSR count). The molecule has 0 aliphatic carbocycles. The number of hydrogen-bond donors (Lipinski definition) is 0. The van der Waals surface area contributed by atoms with Gasteiger partial charge in [-0.2, -0.15) is 0 Å². The Labute approximate surface area is 156 Å². The van der Waals surface area contributed by atoms with E-state index in [2.05, 4.69) is 104 Å². The molecule has 0 N–H and O–H groups in total. The standard InChI is InChI=1S/4C4H11N.Zr/c4*1-4-5(2)3;/h4*4H2,1-3H3;. The van der Waals surface area contributed by atoms with Crippen LogP contribution in [0, 0.1) is 0 Å². The summed E-state index contributed by atoms with van der Waals surface area (Å²) < 4.78 is 0. The van der Waals surface area contributed by atoms with Crippen LogP contribution >= 0.6 is 0 Å². The Bertz CT molecular complexity index is 108. The van der Waals surface area contributed by atoms with Gasteiger partial charge in [-0.25, -0.2) is 0 Å². The Hall–Kier alpha value is 0.723. The van der Waals surface area contributed by atoms with Gasteiger partial charge in [0, 0.05) is 26.2 Å². The zero-order valence-corrected chi connectivity index (χ0v) is 19.6. The van der Waals surface area contributed by atoms with E-state index in [9.17, 15) is 0 Å². The first kappa shape index (κ1) is 33.4. The van der Waals surface area contributed by atoms with E-state index in [0.29, 0.717) is 0 Å². The summed E-state index contributed by atoms with van der Waals surface area (Å²) in [6.45, 7) is 13.1. The molecule has 0 aliphatic rings. The van der Waals surface area contributed by atoms with Gasteiger partial charge in [-0.15, -0.1) is 0 Å². The second-order valence-electron chi connectivity index (χ2n) is 5.58. The average Bonchev–Trinajstić information content (AvgIpc) is 2.40. The summed E-state index contributed by atoms with van der Waals surface area (Å²) in [4.78, 5) is 8.50. The monoisotopic (exact) mass is 382 g/mol. The first-order chi connectivity index (χ1) is 9.08. The van der Waals surface area contributed by atoms with Gasteiger partial charge < -0.3 is 19.6 Å². The second-order valence-corrected chi connectivity index (χ2v) is 5.58. The van der Waals surface area contributed by atoms with Crippen LogP contribution in [-0.2, 0) is 26.2 Å².